The van der Waals surface area contributed by atoms with Gasteiger partial charge < -0.3 is 15.9 Å². The van der Waals surface area contributed by atoms with Gasteiger partial charge in [-0.2, -0.15) is 5.10 Å². The quantitative estimate of drug-likeness (QED) is 0.576. The van der Waals surface area contributed by atoms with Gasteiger partial charge in [-0.1, -0.05) is 0 Å². The minimum Gasteiger partial charge on any atom is -0.503 e. The first-order chi connectivity index (χ1) is 5.57. The van der Waals surface area contributed by atoms with E-state index in [4.69, 9.17) is 15.9 Å². The molecular weight excluding hydrogens is 162 g/mol. The van der Waals surface area contributed by atoms with Gasteiger partial charge in [0.05, 0.1) is 0 Å². The predicted molar refractivity (Wildman–Crippen MR) is 40.9 cm³/mol. The normalized spacial score (nSPS) is 10.1. The molecule has 0 spiro atoms. The molecule has 0 radical (unpaired) electrons. The Bertz CT molecular complexity index is 318. The van der Waals surface area contributed by atoms with E-state index >= 15 is 0 Å². The Kier molecular flexibility index (Phi) is 1.90. The van der Waals surface area contributed by atoms with Crippen LogP contribution >= 0.6 is 0 Å². The Hall–Kier alpha value is -1.72. The Labute approximate surface area is 68.2 Å². The molecular formula is C6H9N3O3. The van der Waals surface area contributed by atoms with Gasteiger partial charge in [-0.3, -0.25) is 0 Å². The zero-order valence-electron chi connectivity index (χ0n) is 6.48. The lowest BCUT2D eigenvalue weighted by molar-refractivity contribution is 0.0686. The fourth-order valence-electron chi connectivity index (χ4n) is 0.851. The third kappa shape index (κ3) is 1.07. The van der Waals surface area contributed by atoms with Crippen LogP contribution in [0.25, 0.3) is 0 Å². The highest BCUT2D eigenvalue weighted by molar-refractivity contribution is 5.90. The van der Waals surface area contributed by atoms with Crippen LogP contribution in [-0.2, 0) is 6.54 Å². The first-order valence-electron chi connectivity index (χ1n) is 3.36. The summed E-state index contributed by atoms with van der Waals surface area (Å²) < 4.78 is 1.22. The van der Waals surface area contributed by atoms with Gasteiger partial charge in [-0.05, 0) is 6.92 Å². The van der Waals surface area contributed by atoms with Gasteiger partial charge in [-0.15, -0.1) is 0 Å². The van der Waals surface area contributed by atoms with Crippen molar-refractivity contribution in [2.75, 3.05) is 5.73 Å². The van der Waals surface area contributed by atoms with Crippen LogP contribution in [0, 0.1) is 0 Å². The molecule has 4 N–H and O–H groups in total. The average molecular weight is 171 g/mol. The molecule has 1 aromatic rings. The van der Waals surface area contributed by atoms with Crippen molar-refractivity contribution in [2.45, 2.75) is 13.5 Å². The Balaban J connectivity index is 3.25. The lowest BCUT2D eigenvalue weighted by Crippen LogP contribution is -2.03. The van der Waals surface area contributed by atoms with Crippen molar-refractivity contribution >= 4 is 11.8 Å². The molecule has 0 saturated carbocycles. The van der Waals surface area contributed by atoms with E-state index in [0.29, 0.717) is 6.54 Å². The van der Waals surface area contributed by atoms with Crippen molar-refractivity contribution in [3.05, 3.63) is 5.69 Å². The Morgan fingerprint density at radius 3 is 2.58 bits per heavy atom. The van der Waals surface area contributed by atoms with Crippen molar-refractivity contribution in [3.63, 3.8) is 0 Å². The number of nitrogens with two attached hydrogens (primary N) is 1. The number of carbonyl (C=O) groups is 1. The molecule has 0 fully saturated rings. The minimum absolute atomic E-state index is 0.0186. The molecule has 0 aliphatic heterocycles. The Morgan fingerprint density at radius 1 is 1.75 bits per heavy atom. The summed E-state index contributed by atoms with van der Waals surface area (Å²) in [5.74, 6) is -1.77. The highest BCUT2D eigenvalue weighted by atomic mass is 16.4. The molecule has 0 aliphatic rings. The van der Waals surface area contributed by atoms with E-state index in [1.165, 1.54) is 4.68 Å². The van der Waals surface area contributed by atoms with E-state index in [0.717, 1.165) is 0 Å². The first-order valence-corrected chi connectivity index (χ1v) is 3.36. The first kappa shape index (κ1) is 8.38. The minimum atomic E-state index is -1.29. The molecule has 0 aliphatic carbocycles. The monoisotopic (exact) mass is 171 g/mol. The number of nitrogens with zero attached hydrogens (tertiary/aromatic N) is 2. The third-order valence-corrected chi connectivity index (χ3v) is 1.47. The van der Waals surface area contributed by atoms with Crippen molar-refractivity contribution in [1.82, 2.24) is 9.78 Å². The number of anilines is 1. The molecule has 0 bridgehead atoms. The molecule has 0 saturated heterocycles. The summed E-state index contributed by atoms with van der Waals surface area (Å²) >= 11 is 0. The predicted octanol–water partition coefficient (Wildman–Crippen LogP) is -0.111. The molecule has 0 unspecified atom stereocenters. The lowest BCUT2D eigenvalue weighted by atomic mass is 10.4. The molecule has 0 aromatic carbocycles. The van der Waals surface area contributed by atoms with Crippen molar-refractivity contribution in [2.24, 2.45) is 0 Å². The summed E-state index contributed by atoms with van der Waals surface area (Å²) in [6.45, 7) is 2.17. The van der Waals surface area contributed by atoms with E-state index < -0.39 is 17.4 Å². The van der Waals surface area contributed by atoms with Gasteiger partial charge in [0.1, 0.15) is 0 Å². The third-order valence-electron chi connectivity index (χ3n) is 1.47. The highest BCUT2D eigenvalue weighted by Crippen LogP contribution is 2.23. The van der Waals surface area contributed by atoms with Crippen molar-refractivity contribution in [1.29, 1.82) is 0 Å². The van der Waals surface area contributed by atoms with Crippen LogP contribution in [0.3, 0.4) is 0 Å². The largest absolute Gasteiger partial charge is 0.503 e. The average Bonchev–Trinajstić information content (AvgIpc) is 2.30. The number of carboxylic acids is 1. The summed E-state index contributed by atoms with van der Waals surface area (Å²) in [6, 6.07) is 0. The molecule has 66 valence electrons. The van der Waals surface area contributed by atoms with Crippen LogP contribution in [0.5, 0.6) is 5.75 Å². The van der Waals surface area contributed by atoms with Crippen LogP contribution in [0.1, 0.15) is 17.4 Å². The lowest BCUT2D eigenvalue weighted by Gasteiger charge is -1.95. The SMILES string of the molecule is CCn1nc(C(=O)O)c(O)c1N. The fraction of sp³-hybridized carbons (Fsp3) is 0.333. The number of hydrogen-bond acceptors (Lipinski definition) is 4. The topological polar surface area (TPSA) is 101 Å². The van der Waals surface area contributed by atoms with E-state index in [1.807, 2.05) is 0 Å². The summed E-state index contributed by atoms with van der Waals surface area (Å²) in [5, 5.41) is 21.2. The maximum atomic E-state index is 10.4. The number of nitrogen functional groups attached to an aromatic ring is 1. The zero-order valence-corrected chi connectivity index (χ0v) is 6.48. The van der Waals surface area contributed by atoms with Gasteiger partial charge in [0, 0.05) is 6.54 Å². The van der Waals surface area contributed by atoms with Crippen LogP contribution in [-0.4, -0.2) is 26.0 Å². The molecule has 0 amide bonds. The van der Waals surface area contributed by atoms with E-state index in [1.54, 1.807) is 6.92 Å². The van der Waals surface area contributed by atoms with E-state index in [-0.39, 0.29) is 5.82 Å². The van der Waals surface area contributed by atoms with Gasteiger partial charge in [0.2, 0.25) is 5.69 Å². The second-order valence-electron chi connectivity index (χ2n) is 2.20. The summed E-state index contributed by atoms with van der Waals surface area (Å²) in [6.07, 6.45) is 0. The molecule has 6 nitrogen and oxygen atoms in total. The van der Waals surface area contributed by atoms with Crippen molar-refractivity contribution in [3.8, 4) is 5.75 Å². The van der Waals surface area contributed by atoms with Gasteiger partial charge in [0.25, 0.3) is 0 Å². The Morgan fingerprint density at radius 2 is 2.33 bits per heavy atom. The number of aromatic nitrogens is 2. The number of carboxylic acid groups (broad SMARTS) is 1. The number of hydrogen-bond donors (Lipinski definition) is 3. The smallest absolute Gasteiger partial charge is 0.360 e. The van der Waals surface area contributed by atoms with Crippen LogP contribution in [0.15, 0.2) is 0 Å². The molecule has 0 atom stereocenters. The molecule has 12 heavy (non-hydrogen) atoms. The zero-order chi connectivity index (χ0) is 9.30. The van der Waals surface area contributed by atoms with Crippen LogP contribution in [0.4, 0.5) is 5.82 Å². The number of aryl methyl sites for hydroxylation is 1. The highest BCUT2D eigenvalue weighted by Gasteiger charge is 2.19. The maximum Gasteiger partial charge on any atom is 0.360 e. The molecule has 1 rings (SSSR count). The van der Waals surface area contributed by atoms with Crippen LogP contribution < -0.4 is 5.73 Å². The second kappa shape index (κ2) is 2.72. The summed E-state index contributed by atoms with van der Waals surface area (Å²) in [5.41, 5.74) is 4.93. The molecule has 1 heterocycles. The maximum absolute atomic E-state index is 10.4. The standard InChI is InChI=1S/C6H9N3O3/c1-2-9-5(7)4(10)3(8-9)6(11)12/h10H,2,7H2,1H3,(H,11,12). The van der Waals surface area contributed by atoms with E-state index in [2.05, 4.69) is 5.10 Å². The van der Waals surface area contributed by atoms with Crippen LogP contribution in [0.2, 0.25) is 0 Å². The summed E-state index contributed by atoms with van der Waals surface area (Å²) in [4.78, 5) is 10.4. The summed E-state index contributed by atoms with van der Waals surface area (Å²) in [7, 11) is 0. The number of rotatable bonds is 2. The van der Waals surface area contributed by atoms with Crippen molar-refractivity contribution < 1.29 is 15.0 Å². The molecule has 6 heteroatoms. The van der Waals surface area contributed by atoms with Gasteiger partial charge in [0.15, 0.2) is 11.6 Å². The fourth-order valence-corrected chi connectivity index (χ4v) is 0.851. The van der Waals surface area contributed by atoms with Gasteiger partial charge in [-0.25, -0.2) is 9.48 Å². The number of aromatic hydroxyl groups is 1. The van der Waals surface area contributed by atoms with Gasteiger partial charge >= 0.3 is 5.97 Å². The van der Waals surface area contributed by atoms with E-state index in [9.17, 15) is 4.79 Å². The second-order valence-corrected chi connectivity index (χ2v) is 2.20. The molecule has 1 aromatic heterocycles. The number of aromatic carboxylic acids is 1.